The maximum atomic E-state index is 13.5. The SMILES string of the molecule is COC(=O)c1ccc(-c2ccc(CC3CCN(N4CCC(O[Si](C(C)C)(C(C)C)C(C)C)CC4)C3=O)c(Cl)c2)cc1. The van der Waals surface area contributed by atoms with Gasteiger partial charge in [0, 0.05) is 36.7 Å². The second-order valence-corrected chi connectivity index (χ2v) is 18.4. The normalized spacial score (nSPS) is 19.1. The fraction of sp³-hybridized carbons (Fsp3) is 0.576. The number of benzene rings is 2. The summed E-state index contributed by atoms with van der Waals surface area (Å²) in [6.45, 7) is 16.5. The Balaban J connectivity index is 1.34. The summed E-state index contributed by atoms with van der Waals surface area (Å²) in [4.78, 5) is 25.2. The van der Waals surface area contributed by atoms with E-state index in [1.54, 1.807) is 12.1 Å². The first-order valence-electron chi connectivity index (χ1n) is 15.2. The lowest BCUT2D eigenvalue weighted by molar-refractivity contribution is -0.149. The van der Waals surface area contributed by atoms with Crippen molar-refractivity contribution < 1.29 is 18.8 Å². The molecule has 2 fully saturated rings. The Morgan fingerprint density at radius 3 is 2.02 bits per heavy atom. The van der Waals surface area contributed by atoms with E-state index in [4.69, 9.17) is 20.8 Å². The van der Waals surface area contributed by atoms with Crippen molar-refractivity contribution in [2.75, 3.05) is 26.7 Å². The van der Waals surface area contributed by atoms with Crippen LogP contribution >= 0.6 is 11.6 Å². The highest BCUT2D eigenvalue weighted by molar-refractivity contribution is 6.77. The molecule has 2 aromatic rings. The standard InChI is InChI=1S/C33H47ClN2O4Si/c1-22(2)41(23(3)4,24(5)6)40-30-15-17-35(18-16-30)36-19-14-29(32(36)37)20-28-13-12-27(21-31(28)34)25-8-10-26(11-9-25)33(38)39-7/h8-13,21-24,29-30H,14-20H2,1-7H3. The molecule has 1 unspecified atom stereocenters. The fourth-order valence-electron chi connectivity index (χ4n) is 7.17. The van der Waals surface area contributed by atoms with Gasteiger partial charge in [-0.2, -0.15) is 0 Å². The molecular weight excluding hydrogens is 552 g/mol. The van der Waals surface area contributed by atoms with Crippen molar-refractivity contribution in [1.29, 1.82) is 0 Å². The number of nitrogens with zero attached hydrogens (tertiary/aromatic N) is 2. The molecule has 224 valence electrons. The Morgan fingerprint density at radius 1 is 0.902 bits per heavy atom. The predicted molar refractivity (Wildman–Crippen MR) is 168 cm³/mol. The second kappa shape index (κ2) is 13.4. The molecule has 0 saturated carbocycles. The number of hydrogen-bond acceptors (Lipinski definition) is 5. The van der Waals surface area contributed by atoms with Crippen LogP contribution in [0.5, 0.6) is 0 Å². The fourth-order valence-corrected chi connectivity index (χ4v) is 13.1. The molecule has 0 aliphatic carbocycles. The number of carbonyl (C=O) groups is 2. The lowest BCUT2D eigenvalue weighted by atomic mass is 9.95. The van der Waals surface area contributed by atoms with Gasteiger partial charge in [-0.1, -0.05) is 77.4 Å². The first kappa shape index (κ1) is 31.7. The van der Waals surface area contributed by atoms with Crippen molar-refractivity contribution >= 4 is 31.8 Å². The Hall–Kier alpha value is -2.19. The smallest absolute Gasteiger partial charge is 0.337 e. The highest BCUT2D eigenvalue weighted by Crippen LogP contribution is 2.44. The van der Waals surface area contributed by atoms with Gasteiger partial charge < -0.3 is 9.16 Å². The van der Waals surface area contributed by atoms with Gasteiger partial charge in [0.25, 0.3) is 0 Å². The molecule has 0 bridgehead atoms. The van der Waals surface area contributed by atoms with Gasteiger partial charge in [-0.05, 0) is 77.2 Å². The lowest BCUT2D eigenvalue weighted by Gasteiger charge is -2.47. The number of hydrazine groups is 1. The predicted octanol–water partition coefficient (Wildman–Crippen LogP) is 7.76. The summed E-state index contributed by atoms with van der Waals surface area (Å²) in [5.41, 5.74) is 5.18. The van der Waals surface area contributed by atoms with Gasteiger partial charge in [0.15, 0.2) is 0 Å². The zero-order valence-corrected chi connectivity index (χ0v) is 27.5. The average Bonchev–Trinajstić information content (AvgIpc) is 3.31. The van der Waals surface area contributed by atoms with E-state index in [1.807, 2.05) is 35.3 Å². The summed E-state index contributed by atoms with van der Waals surface area (Å²) in [5.74, 6) is -0.210. The molecule has 2 aromatic carbocycles. The molecule has 0 N–H and O–H groups in total. The van der Waals surface area contributed by atoms with Crippen molar-refractivity contribution in [3.05, 3.63) is 58.6 Å². The van der Waals surface area contributed by atoms with Crippen LogP contribution in [-0.2, 0) is 20.4 Å². The van der Waals surface area contributed by atoms with E-state index in [0.717, 1.165) is 55.6 Å². The van der Waals surface area contributed by atoms with Crippen LogP contribution in [0.15, 0.2) is 42.5 Å². The van der Waals surface area contributed by atoms with Gasteiger partial charge in [-0.25, -0.2) is 9.80 Å². The molecule has 0 aromatic heterocycles. The average molecular weight is 599 g/mol. The molecule has 0 radical (unpaired) electrons. The largest absolute Gasteiger partial charge is 0.465 e. The van der Waals surface area contributed by atoms with E-state index in [0.29, 0.717) is 33.6 Å². The van der Waals surface area contributed by atoms with E-state index in [2.05, 4.69) is 46.6 Å². The number of hydrogen-bond donors (Lipinski definition) is 0. The topological polar surface area (TPSA) is 59.1 Å². The highest BCUT2D eigenvalue weighted by atomic mass is 35.5. The van der Waals surface area contributed by atoms with Gasteiger partial charge in [0.1, 0.15) is 0 Å². The number of rotatable bonds is 10. The van der Waals surface area contributed by atoms with Crippen molar-refractivity contribution in [3.8, 4) is 11.1 Å². The minimum Gasteiger partial charge on any atom is -0.465 e. The van der Waals surface area contributed by atoms with Crippen LogP contribution in [0, 0.1) is 5.92 Å². The van der Waals surface area contributed by atoms with Gasteiger partial charge in [-0.3, -0.25) is 9.80 Å². The van der Waals surface area contributed by atoms with Crippen LogP contribution in [0.2, 0.25) is 21.6 Å². The van der Waals surface area contributed by atoms with E-state index >= 15 is 0 Å². The Bertz CT molecular complexity index is 1190. The molecule has 0 spiro atoms. The van der Waals surface area contributed by atoms with Crippen molar-refractivity contribution in [2.24, 2.45) is 5.92 Å². The number of amides is 1. The third-order valence-electron chi connectivity index (χ3n) is 9.29. The lowest BCUT2D eigenvalue weighted by Crippen LogP contribution is -2.54. The van der Waals surface area contributed by atoms with Gasteiger partial charge in [-0.15, -0.1) is 0 Å². The summed E-state index contributed by atoms with van der Waals surface area (Å²) in [6.07, 6.45) is 3.71. The summed E-state index contributed by atoms with van der Waals surface area (Å²) < 4.78 is 11.8. The second-order valence-electron chi connectivity index (χ2n) is 12.6. The maximum absolute atomic E-state index is 13.5. The molecule has 2 heterocycles. The third-order valence-corrected chi connectivity index (χ3v) is 15.8. The molecule has 2 aliphatic rings. The van der Waals surface area contributed by atoms with Gasteiger partial charge in [0.2, 0.25) is 14.2 Å². The Labute approximate surface area is 252 Å². The van der Waals surface area contributed by atoms with Crippen molar-refractivity contribution in [3.63, 3.8) is 0 Å². The number of carbonyl (C=O) groups excluding carboxylic acids is 2. The number of piperidine rings is 1. The number of halogens is 1. The quantitative estimate of drug-likeness (QED) is 0.207. The van der Waals surface area contributed by atoms with E-state index in [-0.39, 0.29) is 23.9 Å². The maximum Gasteiger partial charge on any atom is 0.337 e. The molecule has 6 nitrogen and oxygen atoms in total. The molecule has 1 atom stereocenters. The molecular formula is C33H47ClN2O4Si. The molecule has 2 saturated heterocycles. The summed E-state index contributed by atoms with van der Waals surface area (Å²) in [6, 6.07) is 13.3. The molecule has 41 heavy (non-hydrogen) atoms. The zero-order valence-electron chi connectivity index (χ0n) is 25.8. The molecule has 2 aliphatic heterocycles. The van der Waals surface area contributed by atoms with Gasteiger partial charge >= 0.3 is 5.97 Å². The Kier molecular flexibility index (Phi) is 10.4. The van der Waals surface area contributed by atoms with Crippen molar-refractivity contribution in [1.82, 2.24) is 10.0 Å². The summed E-state index contributed by atoms with van der Waals surface area (Å²) in [5, 5.41) is 4.91. The third kappa shape index (κ3) is 6.74. The monoisotopic (exact) mass is 598 g/mol. The van der Waals surface area contributed by atoms with Gasteiger partial charge in [0.05, 0.1) is 12.7 Å². The Morgan fingerprint density at radius 2 is 1.49 bits per heavy atom. The van der Waals surface area contributed by atoms with Crippen LogP contribution < -0.4 is 0 Å². The van der Waals surface area contributed by atoms with E-state index < -0.39 is 8.32 Å². The van der Waals surface area contributed by atoms with Crippen LogP contribution in [0.1, 0.15) is 76.7 Å². The van der Waals surface area contributed by atoms with E-state index in [9.17, 15) is 9.59 Å². The van der Waals surface area contributed by atoms with Crippen LogP contribution in [-0.4, -0.2) is 63.1 Å². The molecule has 4 rings (SSSR count). The number of ether oxygens (including phenoxy) is 1. The van der Waals surface area contributed by atoms with E-state index in [1.165, 1.54) is 7.11 Å². The number of esters is 1. The highest BCUT2D eigenvalue weighted by Gasteiger charge is 2.47. The van der Waals surface area contributed by atoms with Crippen LogP contribution in [0.4, 0.5) is 0 Å². The first-order valence-corrected chi connectivity index (χ1v) is 17.7. The zero-order chi connectivity index (χ0) is 29.9. The molecule has 8 heteroatoms. The molecule has 1 amide bonds. The summed E-state index contributed by atoms with van der Waals surface area (Å²) >= 11 is 6.71. The first-order chi connectivity index (χ1) is 19.5. The number of methoxy groups -OCH3 is 1. The minimum atomic E-state index is -1.91. The summed E-state index contributed by atoms with van der Waals surface area (Å²) in [7, 11) is -0.532. The van der Waals surface area contributed by atoms with Crippen molar-refractivity contribution in [2.45, 2.75) is 90.0 Å². The van der Waals surface area contributed by atoms with Crippen LogP contribution in [0.25, 0.3) is 11.1 Å². The van der Waals surface area contributed by atoms with Crippen LogP contribution in [0.3, 0.4) is 0 Å². The minimum absolute atomic E-state index is 0.0606.